The first kappa shape index (κ1) is 16.5. The van der Waals surface area contributed by atoms with Gasteiger partial charge in [0.25, 0.3) is 11.8 Å². The van der Waals surface area contributed by atoms with Gasteiger partial charge in [-0.15, -0.1) is 0 Å². The minimum absolute atomic E-state index is 0.229. The van der Waals surface area contributed by atoms with E-state index in [-0.39, 0.29) is 5.69 Å². The number of carbonyl (C=O) groups is 2. The van der Waals surface area contributed by atoms with Gasteiger partial charge in [0.15, 0.2) is 0 Å². The van der Waals surface area contributed by atoms with Crippen molar-refractivity contribution in [2.45, 2.75) is 19.8 Å². The van der Waals surface area contributed by atoms with E-state index >= 15 is 0 Å². The van der Waals surface area contributed by atoms with Gasteiger partial charge in [-0.3, -0.25) is 25.4 Å². The van der Waals surface area contributed by atoms with Crippen LogP contribution in [0.2, 0.25) is 0 Å². The van der Waals surface area contributed by atoms with Crippen molar-refractivity contribution in [2.24, 2.45) is 0 Å². The molecular formula is C17H19N3O3. The number of benzene rings is 1. The van der Waals surface area contributed by atoms with E-state index in [1.54, 1.807) is 42.5 Å². The largest absolute Gasteiger partial charge is 0.494 e. The first-order valence-electron chi connectivity index (χ1n) is 7.45. The average Bonchev–Trinajstić information content (AvgIpc) is 2.61. The third-order valence-electron chi connectivity index (χ3n) is 3.07. The first-order chi connectivity index (χ1) is 11.2. The van der Waals surface area contributed by atoms with E-state index in [0.29, 0.717) is 17.9 Å². The van der Waals surface area contributed by atoms with Crippen LogP contribution in [0.5, 0.6) is 5.75 Å². The van der Waals surface area contributed by atoms with Crippen molar-refractivity contribution in [1.29, 1.82) is 0 Å². The summed E-state index contributed by atoms with van der Waals surface area (Å²) in [5.74, 6) is -0.166. The predicted molar refractivity (Wildman–Crippen MR) is 86.0 cm³/mol. The van der Waals surface area contributed by atoms with E-state index in [0.717, 1.165) is 12.8 Å². The number of pyridine rings is 1. The van der Waals surface area contributed by atoms with E-state index < -0.39 is 11.8 Å². The van der Waals surface area contributed by atoms with Gasteiger partial charge in [0.2, 0.25) is 0 Å². The van der Waals surface area contributed by atoms with E-state index in [9.17, 15) is 9.59 Å². The van der Waals surface area contributed by atoms with E-state index in [1.165, 1.54) is 6.20 Å². The summed E-state index contributed by atoms with van der Waals surface area (Å²) >= 11 is 0. The smallest absolute Gasteiger partial charge is 0.288 e. The lowest BCUT2D eigenvalue weighted by atomic mass is 10.2. The molecule has 0 saturated carbocycles. The molecule has 2 amide bonds. The van der Waals surface area contributed by atoms with Crippen LogP contribution < -0.4 is 15.6 Å². The van der Waals surface area contributed by atoms with Crippen molar-refractivity contribution in [3.05, 3.63) is 59.9 Å². The van der Waals surface area contributed by atoms with Gasteiger partial charge >= 0.3 is 0 Å². The zero-order chi connectivity index (χ0) is 16.5. The Morgan fingerprint density at radius 2 is 1.78 bits per heavy atom. The lowest BCUT2D eigenvalue weighted by Gasteiger charge is -2.08. The molecule has 0 unspecified atom stereocenters. The molecule has 0 spiro atoms. The second-order valence-corrected chi connectivity index (χ2v) is 4.85. The third kappa shape index (κ3) is 5.10. The summed E-state index contributed by atoms with van der Waals surface area (Å²) in [6, 6.07) is 11.7. The van der Waals surface area contributed by atoms with E-state index in [2.05, 4.69) is 22.8 Å². The molecule has 1 aromatic heterocycles. The molecule has 6 nitrogen and oxygen atoms in total. The Balaban J connectivity index is 1.84. The zero-order valence-corrected chi connectivity index (χ0v) is 12.9. The third-order valence-corrected chi connectivity index (χ3v) is 3.07. The fourth-order valence-corrected chi connectivity index (χ4v) is 1.78. The second kappa shape index (κ2) is 8.53. The number of hydrogen-bond donors (Lipinski definition) is 2. The molecule has 0 aliphatic heterocycles. The normalized spacial score (nSPS) is 9.96. The zero-order valence-electron chi connectivity index (χ0n) is 12.9. The fraction of sp³-hybridized carbons (Fsp3) is 0.235. The predicted octanol–water partition coefficient (Wildman–Crippen LogP) is 2.34. The van der Waals surface area contributed by atoms with Gasteiger partial charge in [0.05, 0.1) is 6.61 Å². The number of nitrogens with one attached hydrogen (secondary N) is 2. The molecule has 0 atom stereocenters. The van der Waals surface area contributed by atoms with Gasteiger partial charge in [-0.1, -0.05) is 19.4 Å². The summed E-state index contributed by atoms with van der Waals surface area (Å²) in [5, 5.41) is 0. The molecule has 0 aliphatic rings. The summed E-state index contributed by atoms with van der Waals surface area (Å²) in [6.45, 7) is 2.75. The van der Waals surface area contributed by atoms with Gasteiger partial charge in [0, 0.05) is 11.8 Å². The highest BCUT2D eigenvalue weighted by molar-refractivity contribution is 5.98. The molecule has 0 fully saturated rings. The number of nitrogens with zero attached hydrogens (tertiary/aromatic N) is 1. The molecule has 1 heterocycles. The van der Waals surface area contributed by atoms with Gasteiger partial charge in [-0.25, -0.2) is 0 Å². The number of aromatic nitrogens is 1. The number of amides is 2. The van der Waals surface area contributed by atoms with Crippen LogP contribution in [-0.2, 0) is 0 Å². The molecule has 0 saturated heterocycles. The number of unbranched alkanes of at least 4 members (excludes halogenated alkanes) is 1. The molecule has 6 heteroatoms. The quantitative estimate of drug-likeness (QED) is 0.633. The summed E-state index contributed by atoms with van der Waals surface area (Å²) in [4.78, 5) is 27.6. The Bertz CT molecular complexity index is 642. The molecular weight excluding hydrogens is 294 g/mol. The second-order valence-electron chi connectivity index (χ2n) is 4.85. The van der Waals surface area contributed by atoms with Crippen LogP contribution in [0.15, 0.2) is 48.7 Å². The van der Waals surface area contributed by atoms with Crippen LogP contribution in [0.3, 0.4) is 0 Å². The monoisotopic (exact) mass is 313 g/mol. The van der Waals surface area contributed by atoms with Crippen LogP contribution >= 0.6 is 0 Å². The SMILES string of the molecule is CCCCOc1ccc(C(=O)NNC(=O)c2ccccn2)cc1. The molecule has 2 aromatic rings. The number of ether oxygens (including phenoxy) is 1. The molecule has 0 bridgehead atoms. The highest BCUT2D eigenvalue weighted by Gasteiger charge is 2.09. The Hall–Kier alpha value is -2.89. The van der Waals surface area contributed by atoms with Gasteiger partial charge < -0.3 is 4.74 Å². The maximum atomic E-state index is 12.0. The number of rotatable bonds is 6. The summed E-state index contributed by atoms with van der Waals surface area (Å²) < 4.78 is 5.53. The standard InChI is InChI=1S/C17H19N3O3/c1-2-3-12-23-14-9-7-13(8-10-14)16(21)19-20-17(22)15-6-4-5-11-18-15/h4-11H,2-3,12H2,1H3,(H,19,21)(H,20,22). The summed E-state index contributed by atoms with van der Waals surface area (Å²) in [7, 11) is 0. The summed E-state index contributed by atoms with van der Waals surface area (Å²) in [5.41, 5.74) is 5.33. The van der Waals surface area contributed by atoms with Crippen molar-refractivity contribution in [1.82, 2.24) is 15.8 Å². The first-order valence-corrected chi connectivity index (χ1v) is 7.45. The number of carbonyl (C=O) groups excluding carboxylic acids is 2. The van der Waals surface area contributed by atoms with Crippen LogP contribution in [0.4, 0.5) is 0 Å². The average molecular weight is 313 g/mol. The van der Waals surface area contributed by atoms with Crippen LogP contribution in [0.25, 0.3) is 0 Å². The lowest BCUT2D eigenvalue weighted by molar-refractivity contribution is 0.0844. The number of hydrogen-bond acceptors (Lipinski definition) is 4. The molecule has 120 valence electrons. The van der Waals surface area contributed by atoms with E-state index in [4.69, 9.17) is 4.74 Å². The maximum absolute atomic E-state index is 12.0. The van der Waals surface area contributed by atoms with Crippen molar-refractivity contribution < 1.29 is 14.3 Å². The van der Waals surface area contributed by atoms with Crippen LogP contribution in [0.1, 0.15) is 40.6 Å². The molecule has 0 aliphatic carbocycles. The van der Waals surface area contributed by atoms with Crippen LogP contribution in [-0.4, -0.2) is 23.4 Å². The van der Waals surface area contributed by atoms with Gasteiger partial charge in [-0.2, -0.15) is 0 Å². The minimum Gasteiger partial charge on any atom is -0.494 e. The Morgan fingerprint density at radius 1 is 1.04 bits per heavy atom. The highest BCUT2D eigenvalue weighted by Crippen LogP contribution is 2.12. The molecule has 2 rings (SSSR count). The fourth-order valence-electron chi connectivity index (χ4n) is 1.78. The lowest BCUT2D eigenvalue weighted by Crippen LogP contribution is -2.41. The minimum atomic E-state index is -0.474. The van der Waals surface area contributed by atoms with Gasteiger partial charge in [0.1, 0.15) is 11.4 Å². The molecule has 0 radical (unpaired) electrons. The Kier molecular flexibility index (Phi) is 6.11. The van der Waals surface area contributed by atoms with Crippen molar-refractivity contribution >= 4 is 11.8 Å². The summed E-state index contributed by atoms with van der Waals surface area (Å²) in [6.07, 6.45) is 3.56. The van der Waals surface area contributed by atoms with Crippen molar-refractivity contribution in [2.75, 3.05) is 6.61 Å². The molecule has 2 N–H and O–H groups in total. The molecule has 23 heavy (non-hydrogen) atoms. The Morgan fingerprint density at radius 3 is 2.43 bits per heavy atom. The Labute approximate surface area is 134 Å². The topological polar surface area (TPSA) is 80.3 Å². The number of hydrazine groups is 1. The highest BCUT2D eigenvalue weighted by atomic mass is 16.5. The van der Waals surface area contributed by atoms with Crippen LogP contribution in [0, 0.1) is 0 Å². The van der Waals surface area contributed by atoms with E-state index in [1.807, 2.05) is 0 Å². The van der Waals surface area contributed by atoms with Crippen molar-refractivity contribution in [3.8, 4) is 5.75 Å². The maximum Gasteiger partial charge on any atom is 0.288 e. The van der Waals surface area contributed by atoms with Crippen molar-refractivity contribution in [3.63, 3.8) is 0 Å². The molecule has 1 aromatic carbocycles. The van der Waals surface area contributed by atoms with Gasteiger partial charge in [-0.05, 0) is 42.8 Å².